The fourth-order valence-corrected chi connectivity index (χ4v) is 2.95. The highest BCUT2D eigenvalue weighted by atomic mass is 19.1. The minimum absolute atomic E-state index is 0.102. The lowest BCUT2D eigenvalue weighted by atomic mass is 9.99. The average Bonchev–Trinajstić information content (AvgIpc) is 2.65. The Balaban J connectivity index is 2.14. The quantitative estimate of drug-likeness (QED) is 0.719. The number of benzene rings is 2. The van der Waals surface area contributed by atoms with Crippen molar-refractivity contribution in [3.05, 3.63) is 59.4 Å². The number of nitrogens with zero attached hydrogens (tertiary/aromatic N) is 1. The van der Waals surface area contributed by atoms with Crippen LogP contribution in [0.4, 0.5) is 4.39 Å². The van der Waals surface area contributed by atoms with E-state index in [0.29, 0.717) is 12.0 Å². The van der Waals surface area contributed by atoms with E-state index in [9.17, 15) is 14.0 Å². The van der Waals surface area contributed by atoms with E-state index in [-0.39, 0.29) is 30.1 Å². The Labute approximate surface area is 164 Å². The number of hydrogen-bond donors (Lipinski definition) is 2. The molecule has 2 aromatic rings. The second kappa shape index (κ2) is 9.65. The summed E-state index contributed by atoms with van der Waals surface area (Å²) in [6, 6.07) is 12.7. The van der Waals surface area contributed by atoms with Crippen molar-refractivity contribution >= 4 is 11.8 Å². The zero-order chi connectivity index (χ0) is 20.7. The first kappa shape index (κ1) is 21.1. The molecule has 28 heavy (non-hydrogen) atoms. The van der Waals surface area contributed by atoms with Crippen LogP contribution in [0.5, 0.6) is 0 Å². The summed E-state index contributed by atoms with van der Waals surface area (Å²) in [6.07, 6.45) is 0.468. The van der Waals surface area contributed by atoms with E-state index in [4.69, 9.17) is 5.26 Å². The standard InChI is InChI=1S/C22H24FN3O2/c1-14(2)12-20(22(28)25-11-10-24)26-21(27)17-6-4-16(5-7-17)19-9-8-18(23)13-15(19)3/h4-9,13-14,20H,11-12H2,1-3H3,(H,25,28)(H,26,27)/t20-/m0/s1. The first-order valence-corrected chi connectivity index (χ1v) is 9.14. The molecular weight excluding hydrogens is 357 g/mol. The van der Waals surface area contributed by atoms with Crippen LogP contribution in [-0.4, -0.2) is 24.4 Å². The van der Waals surface area contributed by atoms with Crippen LogP contribution in [0.25, 0.3) is 11.1 Å². The summed E-state index contributed by atoms with van der Waals surface area (Å²) in [6.45, 7) is 5.64. The summed E-state index contributed by atoms with van der Waals surface area (Å²) in [5, 5.41) is 13.9. The second-order valence-corrected chi connectivity index (χ2v) is 7.07. The number of aryl methyl sites for hydroxylation is 1. The van der Waals surface area contributed by atoms with Crippen LogP contribution >= 0.6 is 0 Å². The van der Waals surface area contributed by atoms with Gasteiger partial charge in [0.15, 0.2) is 0 Å². The molecule has 0 aliphatic rings. The maximum atomic E-state index is 13.3. The molecule has 0 saturated carbocycles. The molecule has 0 spiro atoms. The molecule has 0 aromatic heterocycles. The molecule has 0 bridgehead atoms. The summed E-state index contributed by atoms with van der Waals surface area (Å²) in [7, 11) is 0. The summed E-state index contributed by atoms with van der Waals surface area (Å²) in [5.74, 6) is -0.827. The smallest absolute Gasteiger partial charge is 0.251 e. The van der Waals surface area contributed by atoms with Gasteiger partial charge in [-0.3, -0.25) is 9.59 Å². The summed E-state index contributed by atoms with van der Waals surface area (Å²) < 4.78 is 13.3. The number of rotatable bonds is 7. The Hall–Kier alpha value is -3.20. The lowest BCUT2D eigenvalue weighted by molar-refractivity contribution is -0.123. The van der Waals surface area contributed by atoms with Crippen molar-refractivity contribution in [1.82, 2.24) is 10.6 Å². The molecule has 2 N–H and O–H groups in total. The molecule has 2 rings (SSSR count). The Morgan fingerprint density at radius 2 is 1.82 bits per heavy atom. The van der Waals surface area contributed by atoms with Gasteiger partial charge in [0, 0.05) is 5.56 Å². The van der Waals surface area contributed by atoms with Crippen molar-refractivity contribution in [3.63, 3.8) is 0 Å². The number of hydrogen-bond acceptors (Lipinski definition) is 3. The maximum Gasteiger partial charge on any atom is 0.251 e. The molecule has 0 heterocycles. The summed E-state index contributed by atoms with van der Waals surface area (Å²) >= 11 is 0. The first-order chi connectivity index (χ1) is 13.3. The van der Waals surface area contributed by atoms with E-state index in [2.05, 4.69) is 10.6 Å². The molecule has 0 radical (unpaired) electrons. The zero-order valence-corrected chi connectivity index (χ0v) is 16.3. The van der Waals surface area contributed by atoms with Gasteiger partial charge < -0.3 is 10.6 Å². The normalized spacial score (nSPS) is 11.6. The Kier molecular flexibility index (Phi) is 7.28. The van der Waals surface area contributed by atoms with Gasteiger partial charge in [-0.15, -0.1) is 0 Å². The van der Waals surface area contributed by atoms with Crippen molar-refractivity contribution in [2.75, 3.05) is 6.54 Å². The Morgan fingerprint density at radius 1 is 1.14 bits per heavy atom. The molecule has 2 aromatic carbocycles. The molecule has 1 atom stereocenters. The molecule has 146 valence electrons. The van der Waals surface area contributed by atoms with Gasteiger partial charge >= 0.3 is 0 Å². The van der Waals surface area contributed by atoms with E-state index in [1.54, 1.807) is 30.3 Å². The minimum Gasteiger partial charge on any atom is -0.341 e. The van der Waals surface area contributed by atoms with Crippen molar-refractivity contribution in [2.45, 2.75) is 33.2 Å². The first-order valence-electron chi connectivity index (χ1n) is 9.14. The van der Waals surface area contributed by atoms with Crippen LogP contribution < -0.4 is 10.6 Å². The molecule has 0 unspecified atom stereocenters. The molecular formula is C22H24FN3O2. The van der Waals surface area contributed by atoms with Crippen molar-refractivity contribution in [2.24, 2.45) is 5.92 Å². The summed E-state index contributed by atoms with van der Waals surface area (Å²) in [5.41, 5.74) is 3.00. The van der Waals surface area contributed by atoms with Crippen LogP contribution in [0.1, 0.15) is 36.2 Å². The van der Waals surface area contributed by atoms with Crippen molar-refractivity contribution < 1.29 is 14.0 Å². The number of halogens is 1. The van der Waals surface area contributed by atoms with Crippen molar-refractivity contribution in [1.29, 1.82) is 5.26 Å². The number of amides is 2. The zero-order valence-electron chi connectivity index (χ0n) is 16.3. The van der Waals surface area contributed by atoms with Gasteiger partial charge in [0.05, 0.1) is 6.07 Å². The fourth-order valence-electron chi connectivity index (χ4n) is 2.95. The molecule has 0 aliphatic carbocycles. The maximum absolute atomic E-state index is 13.3. The van der Waals surface area contributed by atoms with Crippen LogP contribution in [0, 0.1) is 30.0 Å². The highest BCUT2D eigenvalue weighted by molar-refractivity contribution is 5.98. The molecule has 0 saturated heterocycles. The van der Waals surface area contributed by atoms with E-state index in [1.807, 2.05) is 26.8 Å². The molecule has 5 nitrogen and oxygen atoms in total. The third-order valence-electron chi connectivity index (χ3n) is 4.32. The number of nitrogens with one attached hydrogen (secondary N) is 2. The number of carbonyl (C=O) groups is 2. The predicted octanol–water partition coefficient (Wildman–Crippen LogP) is 3.59. The van der Waals surface area contributed by atoms with Crippen LogP contribution in [0.2, 0.25) is 0 Å². The SMILES string of the molecule is Cc1cc(F)ccc1-c1ccc(C(=O)N[C@@H](CC(C)C)C(=O)NCC#N)cc1. The van der Waals surface area contributed by atoms with Gasteiger partial charge in [-0.05, 0) is 60.2 Å². The lowest BCUT2D eigenvalue weighted by Crippen LogP contribution is -2.47. The van der Waals surface area contributed by atoms with E-state index < -0.39 is 6.04 Å². The fraction of sp³-hybridized carbons (Fsp3) is 0.318. The molecule has 0 fully saturated rings. The van der Waals surface area contributed by atoms with Crippen LogP contribution in [0.3, 0.4) is 0 Å². The van der Waals surface area contributed by atoms with Gasteiger partial charge in [0.2, 0.25) is 5.91 Å². The monoisotopic (exact) mass is 381 g/mol. The number of nitriles is 1. The van der Waals surface area contributed by atoms with E-state index >= 15 is 0 Å². The Bertz CT molecular complexity index is 886. The van der Waals surface area contributed by atoms with Gasteiger partial charge in [-0.2, -0.15) is 5.26 Å². The van der Waals surface area contributed by atoms with Crippen molar-refractivity contribution in [3.8, 4) is 17.2 Å². The van der Waals surface area contributed by atoms with Gasteiger partial charge in [0.25, 0.3) is 5.91 Å². The van der Waals surface area contributed by atoms with E-state index in [1.165, 1.54) is 12.1 Å². The lowest BCUT2D eigenvalue weighted by Gasteiger charge is -2.19. The molecule has 6 heteroatoms. The second-order valence-electron chi connectivity index (χ2n) is 7.07. The third kappa shape index (κ3) is 5.65. The Morgan fingerprint density at radius 3 is 2.39 bits per heavy atom. The average molecular weight is 381 g/mol. The van der Waals surface area contributed by atoms with Gasteiger partial charge in [0.1, 0.15) is 18.4 Å². The number of carbonyl (C=O) groups excluding carboxylic acids is 2. The third-order valence-corrected chi connectivity index (χ3v) is 4.32. The predicted molar refractivity (Wildman–Crippen MR) is 106 cm³/mol. The molecule has 0 aliphatic heterocycles. The van der Waals surface area contributed by atoms with Gasteiger partial charge in [-0.25, -0.2) is 4.39 Å². The highest BCUT2D eigenvalue weighted by Crippen LogP contribution is 2.24. The largest absolute Gasteiger partial charge is 0.341 e. The van der Waals surface area contributed by atoms with E-state index in [0.717, 1.165) is 16.7 Å². The highest BCUT2D eigenvalue weighted by Gasteiger charge is 2.22. The molecule has 2 amide bonds. The minimum atomic E-state index is -0.708. The van der Waals surface area contributed by atoms with Crippen LogP contribution in [-0.2, 0) is 4.79 Å². The van der Waals surface area contributed by atoms with Crippen LogP contribution in [0.15, 0.2) is 42.5 Å². The van der Waals surface area contributed by atoms with Gasteiger partial charge in [-0.1, -0.05) is 32.0 Å². The topological polar surface area (TPSA) is 82.0 Å². The summed E-state index contributed by atoms with van der Waals surface area (Å²) in [4.78, 5) is 24.8.